The lowest BCUT2D eigenvalue weighted by Crippen LogP contribution is -2.36. The number of aromatic carboxylic acids is 2. The number of hydrogen-bond acceptors (Lipinski definition) is 11. The number of aromatic nitrogens is 2. The fourth-order valence-corrected chi connectivity index (χ4v) is 4.77. The molecular formula is C26H19N4O7S-. The molecule has 0 atom stereocenters. The van der Waals surface area contributed by atoms with Crippen molar-refractivity contribution in [3.8, 4) is 34.5 Å². The minimum absolute atomic E-state index is 0.0413. The maximum atomic E-state index is 11.8. The summed E-state index contributed by atoms with van der Waals surface area (Å²) in [4.78, 5) is 30.2. The maximum absolute atomic E-state index is 11.8. The first-order chi connectivity index (χ1) is 18.4. The highest BCUT2D eigenvalue weighted by atomic mass is 32.1. The van der Waals surface area contributed by atoms with Gasteiger partial charge >= 0.3 is 5.97 Å². The van der Waals surface area contributed by atoms with Crippen LogP contribution in [0.1, 0.15) is 30.5 Å². The third-order valence-electron chi connectivity index (χ3n) is 5.90. The fourth-order valence-electron chi connectivity index (χ4n) is 4.02. The van der Waals surface area contributed by atoms with E-state index in [0.717, 1.165) is 36.3 Å². The lowest BCUT2D eigenvalue weighted by atomic mass is 10.0. The Bertz CT molecular complexity index is 1530. The number of ether oxygens (including phenoxy) is 2. The van der Waals surface area contributed by atoms with Crippen LogP contribution in [-0.4, -0.2) is 53.5 Å². The molecule has 0 unspecified atom stereocenters. The molecular weight excluding hydrogens is 512 g/mol. The van der Waals surface area contributed by atoms with Crippen LogP contribution in [0.2, 0.25) is 0 Å². The molecule has 1 aliphatic rings. The number of thiophene rings is 1. The van der Waals surface area contributed by atoms with Crippen molar-refractivity contribution < 1.29 is 33.8 Å². The van der Waals surface area contributed by atoms with Gasteiger partial charge in [-0.2, -0.15) is 5.26 Å². The first-order valence-electron chi connectivity index (χ1n) is 11.4. The van der Waals surface area contributed by atoms with Crippen molar-refractivity contribution in [2.75, 3.05) is 31.2 Å². The van der Waals surface area contributed by atoms with Crippen molar-refractivity contribution in [3.63, 3.8) is 0 Å². The van der Waals surface area contributed by atoms with E-state index in [2.05, 4.69) is 15.0 Å². The molecule has 192 valence electrons. The van der Waals surface area contributed by atoms with Gasteiger partial charge in [-0.1, -0.05) is 17.3 Å². The minimum Gasteiger partial charge on any atom is -0.544 e. The van der Waals surface area contributed by atoms with Crippen LogP contribution in [0, 0.1) is 11.3 Å². The number of carbonyl (C=O) groups is 2. The molecule has 0 aliphatic carbocycles. The van der Waals surface area contributed by atoms with E-state index in [9.17, 15) is 25.1 Å². The van der Waals surface area contributed by atoms with Crippen molar-refractivity contribution >= 4 is 29.0 Å². The monoisotopic (exact) mass is 531 g/mol. The molecule has 0 bridgehead atoms. The molecule has 5 rings (SSSR count). The summed E-state index contributed by atoms with van der Waals surface area (Å²) >= 11 is 0.980. The summed E-state index contributed by atoms with van der Waals surface area (Å²) < 4.78 is 16.5. The highest BCUT2D eigenvalue weighted by molar-refractivity contribution is 7.13. The number of carboxylic acid groups (broad SMARTS) is 2. The van der Waals surface area contributed by atoms with E-state index in [-0.39, 0.29) is 39.8 Å². The summed E-state index contributed by atoms with van der Waals surface area (Å²) in [5.74, 6) is -2.74. The van der Waals surface area contributed by atoms with E-state index in [4.69, 9.17) is 14.0 Å². The molecule has 1 saturated heterocycles. The Morgan fingerprint density at radius 2 is 1.95 bits per heavy atom. The topological polar surface area (TPSA) is 162 Å². The van der Waals surface area contributed by atoms with E-state index >= 15 is 0 Å². The van der Waals surface area contributed by atoms with Crippen LogP contribution < -0.4 is 14.7 Å². The van der Waals surface area contributed by atoms with E-state index in [1.54, 1.807) is 12.1 Å². The van der Waals surface area contributed by atoms with Crippen molar-refractivity contribution in [2.45, 2.75) is 6.61 Å². The zero-order valence-electron chi connectivity index (χ0n) is 19.7. The Labute approximate surface area is 220 Å². The average molecular weight is 532 g/mol. The van der Waals surface area contributed by atoms with Gasteiger partial charge in [-0.05, 0) is 30.3 Å². The Morgan fingerprint density at radius 1 is 1.18 bits per heavy atom. The number of anilines is 1. The van der Waals surface area contributed by atoms with Gasteiger partial charge < -0.3 is 33.9 Å². The summed E-state index contributed by atoms with van der Waals surface area (Å²) in [6.07, 6.45) is 1.06. The lowest BCUT2D eigenvalue weighted by molar-refractivity contribution is -0.254. The second-order valence-electron chi connectivity index (χ2n) is 8.21. The molecule has 1 N–H and O–H groups in total. The van der Waals surface area contributed by atoms with Crippen LogP contribution in [0.4, 0.5) is 5.69 Å². The molecule has 12 heteroatoms. The van der Waals surface area contributed by atoms with Crippen molar-refractivity contribution in [3.05, 3.63) is 69.5 Å². The Balaban J connectivity index is 1.55. The number of nitriles is 1. The molecule has 1 aromatic carbocycles. The summed E-state index contributed by atoms with van der Waals surface area (Å²) in [6, 6.07) is 14.2. The number of carboxylic acids is 2. The quantitative estimate of drug-likeness (QED) is 0.356. The Morgan fingerprint density at radius 3 is 2.61 bits per heavy atom. The minimum atomic E-state index is -1.30. The van der Waals surface area contributed by atoms with E-state index in [0.29, 0.717) is 29.3 Å². The molecule has 3 aromatic heterocycles. The fraction of sp³-hybridized carbons (Fsp3) is 0.192. The van der Waals surface area contributed by atoms with Gasteiger partial charge in [-0.25, -0.2) is 9.78 Å². The van der Waals surface area contributed by atoms with Gasteiger partial charge in [-0.15, -0.1) is 11.3 Å². The van der Waals surface area contributed by atoms with Crippen LogP contribution in [0.15, 0.2) is 53.2 Å². The van der Waals surface area contributed by atoms with E-state index in [1.165, 1.54) is 6.07 Å². The molecule has 1 fully saturated rings. The Hall–Kier alpha value is -4.73. The van der Waals surface area contributed by atoms with E-state index < -0.39 is 11.9 Å². The molecule has 11 nitrogen and oxygen atoms in total. The van der Waals surface area contributed by atoms with Gasteiger partial charge in [0.2, 0.25) is 5.88 Å². The zero-order valence-corrected chi connectivity index (χ0v) is 20.6. The lowest BCUT2D eigenvalue weighted by Gasteiger charge is -2.28. The molecule has 4 aromatic rings. The van der Waals surface area contributed by atoms with Crippen molar-refractivity contribution in [2.24, 2.45) is 0 Å². The molecule has 38 heavy (non-hydrogen) atoms. The normalized spacial score (nSPS) is 13.2. The third-order valence-corrected chi connectivity index (χ3v) is 6.94. The second kappa shape index (κ2) is 10.7. The summed E-state index contributed by atoms with van der Waals surface area (Å²) in [6.45, 7) is 2.80. The smallest absolute Gasteiger partial charge is 0.341 e. The SMILES string of the molecule is N#Cc1c(-c2oncc2C(=O)O)cc(-c2ccc(N3CCOCC3)cc2)nc1OCc1ccc(C(=O)[O-])s1. The van der Waals surface area contributed by atoms with Gasteiger partial charge in [0.15, 0.2) is 5.76 Å². The van der Waals surface area contributed by atoms with Crippen LogP contribution in [0.3, 0.4) is 0 Å². The molecule has 0 saturated carbocycles. The van der Waals surface area contributed by atoms with Crippen LogP contribution in [-0.2, 0) is 11.3 Å². The van der Waals surface area contributed by atoms with Crippen molar-refractivity contribution in [1.29, 1.82) is 5.26 Å². The number of pyridine rings is 1. The first-order valence-corrected chi connectivity index (χ1v) is 12.3. The van der Waals surface area contributed by atoms with Gasteiger partial charge in [-0.3, -0.25) is 0 Å². The number of nitrogens with zero attached hydrogens (tertiary/aromatic N) is 4. The molecule has 0 radical (unpaired) electrons. The van der Waals surface area contributed by atoms with Gasteiger partial charge in [0.05, 0.1) is 36.0 Å². The Kier molecular flexibility index (Phi) is 7.03. The highest BCUT2D eigenvalue weighted by Gasteiger charge is 2.25. The predicted octanol–water partition coefficient (Wildman–Crippen LogP) is 2.81. The summed E-state index contributed by atoms with van der Waals surface area (Å²) in [7, 11) is 0. The maximum Gasteiger partial charge on any atom is 0.341 e. The summed E-state index contributed by atoms with van der Waals surface area (Å²) in [5, 5.41) is 34.3. The number of carbonyl (C=O) groups excluding carboxylic acids is 1. The van der Waals surface area contributed by atoms with Crippen LogP contribution >= 0.6 is 11.3 Å². The number of benzene rings is 1. The standard InChI is InChI=1S/C26H20N4O7S/c27-12-19-18(23-20(25(31)32)13-28-37-23)11-21(15-1-3-16(4-2-15)30-7-9-35-10-8-30)29-24(19)36-14-17-5-6-22(38-17)26(33)34/h1-6,11,13H,7-10,14H2,(H,31,32)(H,33,34)/p-1. The van der Waals surface area contributed by atoms with Crippen molar-refractivity contribution in [1.82, 2.24) is 10.1 Å². The van der Waals surface area contributed by atoms with Gasteiger partial charge in [0.25, 0.3) is 0 Å². The number of hydrogen-bond donors (Lipinski definition) is 1. The number of rotatable bonds is 8. The predicted molar refractivity (Wildman–Crippen MR) is 133 cm³/mol. The zero-order chi connectivity index (χ0) is 26.6. The second-order valence-corrected chi connectivity index (χ2v) is 9.38. The van der Waals surface area contributed by atoms with Gasteiger partial charge in [0, 0.05) is 34.8 Å². The first kappa shape index (κ1) is 24.9. The number of morpholine rings is 1. The molecule has 0 spiro atoms. The highest BCUT2D eigenvalue weighted by Crippen LogP contribution is 2.36. The van der Waals surface area contributed by atoms with Gasteiger partial charge in [0.1, 0.15) is 23.8 Å². The molecule has 1 aliphatic heterocycles. The molecule has 0 amide bonds. The third kappa shape index (κ3) is 5.06. The van der Waals surface area contributed by atoms with Crippen LogP contribution in [0.25, 0.3) is 22.6 Å². The van der Waals surface area contributed by atoms with E-state index in [1.807, 2.05) is 30.3 Å². The summed E-state index contributed by atoms with van der Waals surface area (Å²) in [5.41, 5.74) is 2.02. The average Bonchev–Trinajstić information content (AvgIpc) is 3.62. The molecule has 4 heterocycles. The largest absolute Gasteiger partial charge is 0.544 e. The van der Waals surface area contributed by atoms with Crippen LogP contribution in [0.5, 0.6) is 5.88 Å².